The molecule has 154 valence electrons. The zero-order valence-corrected chi connectivity index (χ0v) is 17.8. The van der Waals surface area contributed by atoms with Crippen LogP contribution >= 0.6 is 11.6 Å². The molecule has 1 atom stereocenters. The quantitative estimate of drug-likeness (QED) is 0.546. The van der Waals surface area contributed by atoms with E-state index in [2.05, 4.69) is 22.4 Å². The summed E-state index contributed by atoms with van der Waals surface area (Å²) in [6.45, 7) is 0. The highest BCUT2D eigenvalue weighted by atomic mass is 35.5. The van der Waals surface area contributed by atoms with Crippen molar-refractivity contribution in [1.29, 1.82) is 0 Å². The van der Waals surface area contributed by atoms with Gasteiger partial charge in [-0.1, -0.05) is 11.6 Å². The average molecular weight is 421 g/mol. The summed E-state index contributed by atoms with van der Waals surface area (Å²) in [4.78, 5) is 17.3. The number of rotatable bonds is 4. The van der Waals surface area contributed by atoms with Gasteiger partial charge in [-0.05, 0) is 97.5 Å². The maximum atomic E-state index is 12.8. The molecular weight excluding hydrogens is 396 g/mol. The van der Waals surface area contributed by atoms with Gasteiger partial charge in [-0.15, -0.1) is 0 Å². The number of carbonyl (C=O) groups excluding carboxylic acids is 1. The molecule has 5 heteroatoms. The van der Waals surface area contributed by atoms with Gasteiger partial charge in [-0.3, -0.25) is 9.78 Å². The summed E-state index contributed by atoms with van der Waals surface area (Å²) in [5.74, 6) is 1.65. The molecule has 0 bridgehead atoms. The molecule has 1 amide bonds. The van der Waals surface area contributed by atoms with E-state index in [4.69, 9.17) is 16.3 Å². The zero-order chi connectivity index (χ0) is 20.7. The second-order valence-corrected chi connectivity index (χ2v) is 9.11. The molecule has 5 rings (SSSR count). The number of benzene rings is 2. The minimum absolute atomic E-state index is 0.128. The number of hydrogen-bond acceptors (Lipinski definition) is 3. The summed E-state index contributed by atoms with van der Waals surface area (Å²) in [7, 11) is 1.70. The lowest BCUT2D eigenvalue weighted by Gasteiger charge is -2.30. The first kappa shape index (κ1) is 19.4. The third-order valence-corrected chi connectivity index (χ3v) is 7.27. The van der Waals surface area contributed by atoms with Gasteiger partial charge in [0.15, 0.2) is 0 Å². The number of halogens is 1. The number of carbonyl (C=O) groups is 1. The van der Waals surface area contributed by atoms with Crippen molar-refractivity contribution in [3.05, 3.63) is 65.3 Å². The van der Waals surface area contributed by atoms with Crippen molar-refractivity contribution in [3.8, 4) is 5.75 Å². The Morgan fingerprint density at radius 2 is 1.90 bits per heavy atom. The molecule has 2 fully saturated rings. The largest absolute Gasteiger partial charge is 0.497 e. The molecule has 0 saturated heterocycles. The molecule has 2 aliphatic carbocycles. The van der Waals surface area contributed by atoms with Crippen LogP contribution in [0.3, 0.4) is 0 Å². The molecule has 0 aliphatic heterocycles. The highest BCUT2D eigenvalue weighted by molar-refractivity contribution is 6.30. The van der Waals surface area contributed by atoms with Crippen molar-refractivity contribution in [1.82, 2.24) is 4.98 Å². The van der Waals surface area contributed by atoms with Crippen LogP contribution in [0.1, 0.15) is 43.6 Å². The van der Waals surface area contributed by atoms with Crippen LogP contribution in [0.15, 0.2) is 54.7 Å². The smallest absolute Gasteiger partial charge is 0.228 e. The minimum Gasteiger partial charge on any atom is -0.497 e. The average Bonchev–Trinajstić information content (AvgIpc) is 3.48. The first-order valence-electron chi connectivity index (χ1n) is 10.6. The second-order valence-electron chi connectivity index (χ2n) is 8.67. The summed E-state index contributed by atoms with van der Waals surface area (Å²) in [5, 5.41) is 4.92. The third-order valence-electron chi connectivity index (χ3n) is 7.02. The minimum atomic E-state index is 0.128. The number of anilines is 1. The lowest BCUT2D eigenvalue weighted by Crippen LogP contribution is -2.22. The fourth-order valence-electron chi connectivity index (χ4n) is 5.17. The number of amides is 1. The first-order valence-corrected chi connectivity index (χ1v) is 10.9. The Morgan fingerprint density at radius 3 is 2.63 bits per heavy atom. The van der Waals surface area contributed by atoms with Gasteiger partial charge in [0.05, 0.1) is 12.6 Å². The van der Waals surface area contributed by atoms with Crippen molar-refractivity contribution >= 4 is 34.1 Å². The molecule has 2 aliphatic rings. The predicted molar refractivity (Wildman–Crippen MR) is 120 cm³/mol. The van der Waals surface area contributed by atoms with Crippen molar-refractivity contribution < 1.29 is 9.53 Å². The van der Waals surface area contributed by atoms with Gasteiger partial charge in [0.2, 0.25) is 5.91 Å². The zero-order valence-electron chi connectivity index (χ0n) is 17.0. The van der Waals surface area contributed by atoms with E-state index >= 15 is 0 Å². The highest BCUT2D eigenvalue weighted by Crippen LogP contribution is 2.63. The molecule has 2 saturated carbocycles. The van der Waals surface area contributed by atoms with Crippen molar-refractivity contribution in [2.45, 2.75) is 38.0 Å². The monoisotopic (exact) mass is 420 g/mol. The molecule has 1 N–H and O–H groups in total. The number of pyridine rings is 1. The molecule has 3 aromatic rings. The third kappa shape index (κ3) is 3.54. The molecule has 0 radical (unpaired) electrons. The van der Waals surface area contributed by atoms with Crippen LogP contribution < -0.4 is 10.1 Å². The molecule has 2 aromatic carbocycles. The van der Waals surface area contributed by atoms with Crippen LogP contribution in [0.4, 0.5) is 5.69 Å². The van der Waals surface area contributed by atoms with Crippen molar-refractivity contribution in [2.24, 2.45) is 11.3 Å². The maximum absolute atomic E-state index is 12.8. The fourth-order valence-corrected chi connectivity index (χ4v) is 5.29. The molecule has 1 heterocycles. The highest BCUT2D eigenvalue weighted by Gasteiger charge is 2.58. The van der Waals surface area contributed by atoms with Gasteiger partial charge >= 0.3 is 0 Å². The summed E-state index contributed by atoms with van der Waals surface area (Å²) in [6, 6.07) is 15.6. The Kier molecular flexibility index (Phi) is 4.90. The van der Waals surface area contributed by atoms with E-state index in [1.54, 1.807) is 19.2 Å². The van der Waals surface area contributed by atoms with Gasteiger partial charge in [0, 0.05) is 28.2 Å². The van der Waals surface area contributed by atoms with Gasteiger partial charge in [0.25, 0.3) is 0 Å². The number of ether oxygens (including phenoxy) is 1. The van der Waals surface area contributed by atoms with Crippen LogP contribution in [0.5, 0.6) is 5.75 Å². The SMILES string of the molecule is COc1ccc2nccc(C3CCC4(CC3)C[C@@H]4C(=O)Nc3ccc(Cl)cc3)c2c1. The Balaban J connectivity index is 1.27. The molecular formula is C25H25ClN2O2. The normalized spacial score (nSPS) is 25.3. The maximum Gasteiger partial charge on any atom is 0.228 e. The number of fused-ring (bicyclic) bond motifs is 1. The molecule has 4 nitrogen and oxygen atoms in total. The van der Waals surface area contributed by atoms with Crippen molar-refractivity contribution in [2.75, 3.05) is 12.4 Å². The van der Waals surface area contributed by atoms with Crippen LogP contribution in [0.2, 0.25) is 5.02 Å². The number of aromatic nitrogens is 1. The van der Waals surface area contributed by atoms with E-state index in [0.717, 1.165) is 49.1 Å². The Morgan fingerprint density at radius 1 is 1.13 bits per heavy atom. The standard InChI is InChI=1S/C25H25ClN2O2/c1-30-19-6-7-23-21(14-19)20(10-13-27-23)16-8-11-25(12-9-16)15-22(25)24(29)28-18-4-2-17(26)3-5-18/h2-7,10,13-14,16,22H,8-9,11-12,15H2,1H3,(H,28,29)/t16?,22-,25?/m1/s1. The fraction of sp³-hybridized carbons (Fsp3) is 0.360. The molecule has 1 aromatic heterocycles. The molecule has 1 spiro atoms. The van der Waals surface area contributed by atoms with Crippen LogP contribution in [-0.2, 0) is 4.79 Å². The second kappa shape index (κ2) is 7.59. The summed E-state index contributed by atoms with van der Waals surface area (Å²) < 4.78 is 5.42. The lowest BCUT2D eigenvalue weighted by molar-refractivity contribution is -0.118. The molecule has 30 heavy (non-hydrogen) atoms. The van der Waals surface area contributed by atoms with E-state index in [1.807, 2.05) is 30.5 Å². The van der Waals surface area contributed by atoms with Gasteiger partial charge in [0.1, 0.15) is 5.75 Å². The number of nitrogens with one attached hydrogen (secondary N) is 1. The first-order chi connectivity index (χ1) is 14.6. The number of hydrogen-bond donors (Lipinski definition) is 1. The Labute approximate surface area is 181 Å². The van der Waals surface area contributed by atoms with E-state index < -0.39 is 0 Å². The number of methoxy groups -OCH3 is 1. The van der Waals surface area contributed by atoms with E-state index in [1.165, 1.54) is 10.9 Å². The van der Waals surface area contributed by atoms with E-state index in [0.29, 0.717) is 10.9 Å². The molecule has 0 unspecified atom stereocenters. The van der Waals surface area contributed by atoms with E-state index in [-0.39, 0.29) is 17.2 Å². The van der Waals surface area contributed by atoms with Gasteiger partial charge in [-0.2, -0.15) is 0 Å². The van der Waals surface area contributed by atoms with Crippen LogP contribution in [-0.4, -0.2) is 18.0 Å². The summed E-state index contributed by atoms with van der Waals surface area (Å²) in [5.41, 5.74) is 3.38. The lowest BCUT2D eigenvalue weighted by atomic mass is 9.75. The Bertz CT molecular complexity index is 1090. The van der Waals surface area contributed by atoms with Gasteiger partial charge in [-0.25, -0.2) is 0 Å². The topological polar surface area (TPSA) is 51.2 Å². The van der Waals surface area contributed by atoms with Crippen LogP contribution in [0.25, 0.3) is 10.9 Å². The summed E-state index contributed by atoms with van der Waals surface area (Å²) >= 11 is 5.93. The van der Waals surface area contributed by atoms with E-state index in [9.17, 15) is 4.79 Å². The summed E-state index contributed by atoms with van der Waals surface area (Å²) in [6.07, 6.45) is 7.34. The van der Waals surface area contributed by atoms with Gasteiger partial charge < -0.3 is 10.1 Å². The Hall–Kier alpha value is -2.59. The predicted octanol–water partition coefficient (Wildman–Crippen LogP) is 6.20. The number of nitrogens with zero attached hydrogens (tertiary/aromatic N) is 1. The van der Waals surface area contributed by atoms with Crippen molar-refractivity contribution in [3.63, 3.8) is 0 Å². The van der Waals surface area contributed by atoms with Crippen LogP contribution in [0, 0.1) is 11.3 Å².